The summed E-state index contributed by atoms with van der Waals surface area (Å²) in [7, 11) is 0. The Morgan fingerprint density at radius 1 is 0.941 bits per heavy atom. The van der Waals surface area contributed by atoms with E-state index in [1.54, 1.807) is 24.3 Å². The predicted molar refractivity (Wildman–Crippen MR) is 136 cm³/mol. The van der Waals surface area contributed by atoms with E-state index < -0.39 is 5.82 Å². The lowest BCUT2D eigenvalue weighted by Crippen LogP contribution is -2.13. The Morgan fingerprint density at radius 3 is 2.44 bits per heavy atom. The number of carbonyl (C=O) groups is 1. The van der Waals surface area contributed by atoms with Gasteiger partial charge in [-0.2, -0.15) is 0 Å². The number of benzene rings is 4. The van der Waals surface area contributed by atoms with E-state index in [4.69, 9.17) is 22.1 Å². The average molecular weight is 475 g/mol. The molecule has 0 spiro atoms. The second kappa shape index (κ2) is 10.5. The molecule has 4 nitrogen and oxygen atoms in total. The Kier molecular flexibility index (Phi) is 7.26. The first-order valence-electron chi connectivity index (χ1n) is 10.9. The maximum Gasteiger partial charge on any atom is 0.255 e. The van der Waals surface area contributed by atoms with Crippen molar-refractivity contribution in [3.05, 3.63) is 107 Å². The van der Waals surface area contributed by atoms with Gasteiger partial charge in [0, 0.05) is 23.4 Å². The second-order valence-electron chi connectivity index (χ2n) is 7.88. The molecule has 4 rings (SSSR count). The molecule has 0 saturated carbocycles. The topological polar surface area (TPSA) is 64.3 Å². The average Bonchev–Trinajstić information content (AvgIpc) is 2.85. The summed E-state index contributed by atoms with van der Waals surface area (Å²) in [5, 5.41) is 2.97. The number of nitrogens with two attached hydrogens (primary N) is 1. The van der Waals surface area contributed by atoms with Gasteiger partial charge in [-0.3, -0.25) is 4.79 Å². The smallest absolute Gasteiger partial charge is 0.255 e. The zero-order valence-electron chi connectivity index (χ0n) is 18.6. The number of aryl methyl sites for hydroxylation is 1. The van der Waals surface area contributed by atoms with Gasteiger partial charge in [0.05, 0.1) is 5.02 Å². The van der Waals surface area contributed by atoms with E-state index in [1.165, 1.54) is 17.7 Å². The fourth-order valence-corrected chi connectivity index (χ4v) is 3.70. The van der Waals surface area contributed by atoms with Gasteiger partial charge in [0.2, 0.25) is 0 Å². The van der Waals surface area contributed by atoms with Crippen LogP contribution in [-0.4, -0.2) is 19.1 Å². The van der Waals surface area contributed by atoms with Gasteiger partial charge in [-0.15, -0.1) is 0 Å². The normalized spacial score (nSPS) is 10.7. The minimum atomic E-state index is -0.549. The van der Waals surface area contributed by atoms with Gasteiger partial charge in [0.1, 0.15) is 18.2 Å². The van der Waals surface area contributed by atoms with E-state index in [9.17, 15) is 9.18 Å². The first-order valence-corrected chi connectivity index (χ1v) is 11.2. The van der Waals surface area contributed by atoms with E-state index in [0.29, 0.717) is 41.3 Å². The quantitative estimate of drug-likeness (QED) is 0.313. The highest BCUT2D eigenvalue weighted by atomic mass is 35.5. The summed E-state index contributed by atoms with van der Waals surface area (Å²) in [6.45, 7) is 2.66. The number of hydrogen-bond acceptors (Lipinski definition) is 3. The SMILES string of the molecule is Cc1ccc(-c2cccc(NC(=O)c3ccc(OCCN)c(-c4ccc(Cl)c(F)c4)c3)c2)cc1. The molecular weight excluding hydrogens is 451 g/mol. The monoisotopic (exact) mass is 474 g/mol. The molecule has 0 aliphatic rings. The predicted octanol–water partition coefficient (Wildman–Crippen LogP) is 6.71. The van der Waals surface area contributed by atoms with Crippen molar-refractivity contribution in [2.45, 2.75) is 6.92 Å². The molecule has 1 amide bonds. The van der Waals surface area contributed by atoms with Crippen LogP contribution >= 0.6 is 11.6 Å². The van der Waals surface area contributed by atoms with Crippen LogP contribution in [0.2, 0.25) is 5.02 Å². The van der Waals surface area contributed by atoms with Crippen molar-refractivity contribution in [3.8, 4) is 28.0 Å². The van der Waals surface area contributed by atoms with Crippen LogP contribution in [0.4, 0.5) is 10.1 Å². The molecule has 6 heteroatoms. The zero-order chi connectivity index (χ0) is 24.1. The van der Waals surface area contributed by atoms with Crippen molar-refractivity contribution in [2.24, 2.45) is 5.73 Å². The van der Waals surface area contributed by atoms with E-state index in [2.05, 4.69) is 17.4 Å². The van der Waals surface area contributed by atoms with Crippen LogP contribution in [0.1, 0.15) is 15.9 Å². The number of hydrogen-bond donors (Lipinski definition) is 2. The van der Waals surface area contributed by atoms with Crippen LogP contribution in [0.5, 0.6) is 5.75 Å². The molecule has 34 heavy (non-hydrogen) atoms. The summed E-state index contributed by atoms with van der Waals surface area (Å²) >= 11 is 5.84. The summed E-state index contributed by atoms with van der Waals surface area (Å²) < 4.78 is 19.8. The molecule has 0 radical (unpaired) electrons. The zero-order valence-corrected chi connectivity index (χ0v) is 19.4. The third kappa shape index (κ3) is 5.45. The fourth-order valence-electron chi connectivity index (χ4n) is 3.58. The lowest BCUT2D eigenvalue weighted by Gasteiger charge is -2.14. The van der Waals surface area contributed by atoms with Gasteiger partial charge >= 0.3 is 0 Å². The van der Waals surface area contributed by atoms with Crippen molar-refractivity contribution in [3.63, 3.8) is 0 Å². The minimum absolute atomic E-state index is 0.0236. The van der Waals surface area contributed by atoms with E-state index in [1.807, 2.05) is 43.3 Å². The molecule has 0 aliphatic heterocycles. The molecule has 0 atom stereocenters. The number of carbonyl (C=O) groups excluding carboxylic acids is 1. The number of amides is 1. The van der Waals surface area contributed by atoms with Gasteiger partial charge < -0.3 is 15.8 Å². The van der Waals surface area contributed by atoms with Crippen LogP contribution in [0.3, 0.4) is 0 Å². The van der Waals surface area contributed by atoms with Gasteiger partial charge in [-0.05, 0) is 66.1 Å². The van der Waals surface area contributed by atoms with Gasteiger partial charge in [-0.1, -0.05) is 59.6 Å². The van der Waals surface area contributed by atoms with Crippen LogP contribution in [0, 0.1) is 12.7 Å². The minimum Gasteiger partial charge on any atom is -0.492 e. The molecule has 0 aliphatic carbocycles. The van der Waals surface area contributed by atoms with Crippen LogP contribution in [-0.2, 0) is 0 Å². The number of anilines is 1. The molecular formula is C28H24ClFN2O2. The van der Waals surface area contributed by atoms with Crippen molar-refractivity contribution in [2.75, 3.05) is 18.5 Å². The summed E-state index contributed by atoms with van der Waals surface area (Å²) in [5.41, 5.74) is 11.0. The Hall–Kier alpha value is -3.67. The van der Waals surface area contributed by atoms with Crippen LogP contribution < -0.4 is 15.8 Å². The molecule has 0 heterocycles. The van der Waals surface area contributed by atoms with Gasteiger partial charge in [0.15, 0.2) is 0 Å². The number of ether oxygens (including phenoxy) is 1. The van der Waals surface area contributed by atoms with Crippen LogP contribution in [0.15, 0.2) is 84.9 Å². The molecule has 4 aromatic carbocycles. The van der Waals surface area contributed by atoms with E-state index >= 15 is 0 Å². The second-order valence-corrected chi connectivity index (χ2v) is 8.29. The maximum atomic E-state index is 14.1. The first-order chi connectivity index (χ1) is 16.4. The Labute approximate surface area is 203 Å². The summed E-state index contributed by atoms with van der Waals surface area (Å²) in [5.74, 6) is -0.334. The highest BCUT2D eigenvalue weighted by Crippen LogP contribution is 2.33. The Bertz CT molecular complexity index is 1320. The standard InChI is InChI=1S/C28H24ClFN2O2/c1-18-5-7-19(8-6-18)20-3-2-4-23(15-20)32-28(33)22-10-12-27(34-14-13-31)24(16-22)21-9-11-25(29)26(30)17-21/h2-12,15-17H,13-14,31H2,1H3,(H,32,33). The van der Waals surface area contributed by atoms with E-state index in [0.717, 1.165) is 11.1 Å². The van der Waals surface area contributed by atoms with Crippen LogP contribution in [0.25, 0.3) is 22.3 Å². The largest absolute Gasteiger partial charge is 0.492 e. The summed E-state index contributed by atoms with van der Waals surface area (Å²) in [6, 6.07) is 25.4. The van der Waals surface area contributed by atoms with Crippen molar-refractivity contribution < 1.29 is 13.9 Å². The lowest BCUT2D eigenvalue weighted by molar-refractivity contribution is 0.102. The molecule has 0 aromatic heterocycles. The molecule has 0 saturated heterocycles. The first kappa shape index (κ1) is 23.5. The van der Waals surface area contributed by atoms with Crippen molar-refractivity contribution in [1.82, 2.24) is 0 Å². The summed E-state index contributed by atoms with van der Waals surface area (Å²) in [4.78, 5) is 13.1. The molecule has 0 unspecified atom stereocenters. The maximum absolute atomic E-state index is 14.1. The van der Waals surface area contributed by atoms with E-state index in [-0.39, 0.29) is 10.9 Å². The Morgan fingerprint density at radius 2 is 1.71 bits per heavy atom. The lowest BCUT2D eigenvalue weighted by atomic mass is 10.0. The molecule has 3 N–H and O–H groups in total. The number of rotatable bonds is 7. The van der Waals surface area contributed by atoms with Gasteiger partial charge in [0.25, 0.3) is 5.91 Å². The van der Waals surface area contributed by atoms with Gasteiger partial charge in [-0.25, -0.2) is 4.39 Å². The van der Waals surface area contributed by atoms with Crippen molar-refractivity contribution in [1.29, 1.82) is 0 Å². The number of halogens is 2. The van der Waals surface area contributed by atoms with Crippen molar-refractivity contribution >= 4 is 23.2 Å². The molecule has 4 aromatic rings. The Balaban J connectivity index is 1.62. The molecule has 0 bridgehead atoms. The highest BCUT2D eigenvalue weighted by molar-refractivity contribution is 6.30. The third-order valence-electron chi connectivity index (χ3n) is 5.35. The summed E-state index contributed by atoms with van der Waals surface area (Å²) in [6.07, 6.45) is 0. The molecule has 172 valence electrons. The fraction of sp³-hybridized carbons (Fsp3) is 0.107. The molecule has 0 fully saturated rings. The number of nitrogens with one attached hydrogen (secondary N) is 1. The highest BCUT2D eigenvalue weighted by Gasteiger charge is 2.14. The third-order valence-corrected chi connectivity index (χ3v) is 5.66.